The Morgan fingerprint density at radius 1 is 1.03 bits per heavy atom. The number of hydrogen-bond donors (Lipinski definition) is 1. The first kappa shape index (κ1) is 21.3. The summed E-state index contributed by atoms with van der Waals surface area (Å²) in [4.78, 5) is 26.4. The molecule has 0 radical (unpaired) electrons. The van der Waals surface area contributed by atoms with Gasteiger partial charge in [0.05, 0.1) is 10.8 Å². The Bertz CT molecular complexity index is 924. The lowest BCUT2D eigenvalue weighted by Crippen LogP contribution is -2.47. The number of piperidine rings is 1. The minimum Gasteiger partial charge on any atom is -0.353 e. The van der Waals surface area contributed by atoms with Gasteiger partial charge in [-0.25, -0.2) is 8.42 Å². The summed E-state index contributed by atoms with van der Waals surface area (Å²) in [5.41, 5.74) is 1.68. The molecule has 1 saturated heterocycles. The summed E-state index contributed by atoms with van der Waals surface area (Å²) in [6.07, 6.45) is 7.63. The fraction of sp³-hybridized carbons (Fsp3) is 0.636. The normalized spacial score (nSPS) is 23.2. The molecule has 4 rings (SSSR count). The van der Waals surface area contributed by atoms with E-state index < -0.39 is 10.0 Å². The number of benzene rings is 1. The summed E-state index contributed by atoms with van der Waals surface area (Å²) in [5.74, 6) is -0.335. The van der Waals surface area contributed by atoms with E-state index >= 15 is 0 Å². The van der Waals surface area contributed by atoms with E-state index in [1.807, 2.05) is 0 Å². The van der Waals surface area contributed by atoms with Crippen molar-refractivity contribution in [1.29, 1.82) is 0 Å². The van der Waals surface area contributed by atoms with Gasteiger partial charge in [0.2, 0.25) is 21.8 Å². The summed E-state index contributed by atoms with van der Waals surface area (Å²) in [6.45, 7) is 2.77. The molecule has 2 fully saturated rings. The number of sulfonamides is 1. The van der Waals surface area contributed by atoms with Crippen molar-refractivity contribution >= 4 is 27.5 Å². The maximum atomic E-state index is 13.3. The number of fused-ring (bicyclic) bond motifs is 1. The zero-order valence-corrected chi connectivity index (χ0v) is 18.4. The average molecular weight is 434 g/mol. The van der Waals surface area contributed by atoms with E-state index in [-0.39, 0.29) is 35.2 Å². The van der Waals surface area contributed by atoms with Crippen LogP contribution in [0.25, 0.3) is 0 Å². The van der Waals surface area contributed by atoms with Crippen molar-refractivity contribution in [3.63, 3.8) is 0 Å². The number of anilines is 1. The number of nitrogens with zero attached hydrogens (tertiary/aromatic N) is 2. The van der Waals surface area contributed by atoms with E-state index in [0.29, 0.717) is 25.9 Å². The topological polar surface area (TPSA) is 86.8 Å². The van der Waals surface area contributed by atoms with Crippen LogP contribution in [0.15, 0.2) is 23.1 Å². The van der Waals surface area contributed by atoms with E-state index in [9.17, 15) is 18.0 Å². The highest BCUT2D eigenvalue weighted by atomic mass is 32.2. The summed E-state index contributed by atoms with van der Waals surface area (Å²) in [7, 11) is -3.67. The molecule has 1 aromatic carbocycles. The number of amides is 2. The van der Waals surface area contributed by atoms with Crippen molar-refractivity contribution in [3.8, 4) is 0 Å². The predicted molar refractivity (Wildman–Crippen MR) is 115 cm³/mol. The Morgan fingerprint density at radius 3 is 2.53 bits per heavy atom. The highest BCUT2D eigenvalue weighted by Gasteiger charge is 2.35. The Balaban J connectivity index is 1.46. The SMILES string of the molecule is CC(=O)N1CCc2cc(S(=O)(=O)N3CCCC(C(=O)NC4CCCCC4)C3)ccc21. The first-order valence-corrected chi connectivity index (χ1v) is 12.5. The van der Waals surface area contributed by atoms with Crippen LogP contribution >= 0.6 is 0 Å². The van der Waals surface area contributed by atoms with Crippen molar-refractivity contribution in [3.05, 3.63) is 23.8 Å². The molecule has 7 nitrogen and oxygen atoms in total. The van der Waals surface area contributed by atoms with Crippen molar-refractivity contribution in [2.45, 2.75) is 69.2 Å². The van der Waals surface area contributed by atoms with E-state index in [0.717, 1.165) is 43.4 Å². The zero-order chi connectivity index (χ0) is 21.3. The molecule has 1 atom stereocenters. The molecule has 1 unspecified atom stereocenters. The van der Waals surface area contributed by atoms with Crippen LogP contribution in [-0.4, -0.2) is 50.2 Å². The molecule has 8 heteroatoms. The molecule has 1 aromatic rings. The Morgan fingerprint density at radius 2 is 1.80 bits per heavy atom. The van der Waals surface area contributed by atoms with Crippen LogP contribution in [0.1, 0.15) is 57.4 Å². The van der Waals surface area contributed by atoms with Gasteiger partial charge in [-0.3, -0.25) is 9.59 Å². The highest BCUT2D eigenvalue weighted by molar-refractivity contribution is 7.89. The second kappa shape index (κ2) is 8.67. The minimum absolute atomic E-state index is 0.00662. The van der Waals surface area contributed by atoms with Crippen LogP contribution in [0.3, 0.4) is 0 Å². The van der Waals surface area contributed by atoms with Crippen LogP contribution < -0.4 is 10.2 Å². The van der Waals surface area contributed by atoms with Gasteiger partial charge in [-0.1, -0.05) is 19.3 Å². The van der Waals surface area contributed by atoms with Gasteiger partial charge >= 0.3 is 0 Å². The lowest BCUT2D eigenvalue weighted by molar-refractivity contribution is -0.127. The third kappa shape index (κ3) is 4.25. The minimum atomic E-state index is -3.67. The van der Waals surface area contributed by atoms with Crippen molar-refractivity contribution in [2.75, 3.05) is 24.5 Å². The number of nitrogens with one attached hydrogen (secondary N) is 1. The van der Waals surface area contributed by atoms with Gasteiger partial charge in [-0.05, 0) is 55.9 Å². The quantitative estimate of drug-likeness (QED) is 0.790. The fourth-order valence-corrected chi connectivity index (χ4v) is 6.53. The van der Waals surface area contributed by atoms with Crippen LogP contribution in [0.2, 0.25) is 0 Å². The van der Waals surface area contributed by atoms with Crippen LogP contribution in [0.4, 0.5) is 5.69 Å². The monoisotopic (exact) mass is 433 g/mol. The molecule has 0 aromatic heterocycles. The zero-order valence-electron chi connectivity index (χ0n) is 17.6. The first-order chi connectivity index (χ1) is 14.4. The van der Waals surface area contributed by atoms with Crippen LogP contribution in [0, 0.1) is 5.92 Å². The Kier molecular flexibility index (Phi) is 6.16. The number of carbonyl (C=O) groups is 2. The lowest BCUT2D eigenvalue weighted by Gasteiger charge is -2.33. The second-order valence-electron chi connectivity index (χ2n) is 8.76. The van der Waals surface area contributed by atoms with Crippen molar-refractivity contribution in [1.82, 2.24) is 9.62 Å². The first-order valence-electron chi connectivity index (χ1n) is 11.1. The predicted octanol–water partition coefficient (Wildman–Crippen LogP) is 2.45. The third-order valence-corrected chi connectivity index (χ3v) is 8.53. The van der Waals surface area contributed by atoms with Gasteiger partial charge in [0.25, 0.3) is 0 Å². The average Bonchev–Trinajstić information content (AvgIpc) is 3.18. The molecule has 2 amide bonds. The molecule has 30 heavy (non-hydrogen) atoms. The van der Waals surface area contributed by atoms with Gasteiger partial charge in [0.15, 0.2) is 0 Å². The molecule has 0 spiro atoms. The maximum Gasteiger partial charge on any atom is 0.243 e. The standard InChI is InChI=1S/C22H31N3O4S/c1-16(26)25-13-11-17-14-20(9-10-21(17)25)30(28,29)24-12-5-6-18(15-24)22(27)23-19-7-3-2-4-8-19/h9-10,14,18-19H,2-8,11-13,15H2,1H3,(H,23,27). The maximum absolute atomic E-state index is 13.3. The summed E-state index contributed by atoms with van der Waals surface area (Å²) < 4.78 is 28.0. The van der Waals surface area contributed by atoms with Crippen LogP contribution in [0.5, 0.6) is 0 Å². The van der Waals surface area contributed by atoms with Gasteiger partial charge in [0.1, 0.15) is 0 Å². The molecule has 1 saturated carbocycles. The fourth-order valence-electron chi connectivity index (χ4n) is 4.96. The van der Waals surface area contributed by atoms with E-state index in [1.165, 1.54) is 17.6 Å². The Labute approximate surface area is 178 Å². The second-order valence-corrected chi connectivity index (χ2v) is 10.7. The number of carbonyl (C=O) groups excluding carboxylic acids is 2. The van der Waals surface area contributed by atoms with Gasteiger partial charge < -0.3 is 10.2 Å². The molecule has 2 heterocycles. The van der Waals surface area contributed by atoms with Crippen molar-refractivity contribution < 1.29 is 18.0 Å². The molecule has 0 bridgehead atoms. The molecule has 3 aliphatic rings. The summed E-state index contributed by atoms with van der Waals surface area (Å²) in [6, 6.07) is 5.24. The Hall–Kier alpha value is -1.93. The van der Waals surface area contributed by atoms with Gasteiger partial charge in [0, 0.05) is 38.3 Å². The molecule has 1 aliphatic carbocycles. The molecular weight excluding hydrogens is 402 g/mol. The largest absolute Gasteiger partial charge is 0.353 e. The van der Waals surface area contributed by atoms with Gasteiger partial charge in [-0.15, -0.1) is 0 Å². The van der Waals surface area contributed by atoms with Gasteiger partial charge in [-0.2, -0.15) is 4.31 Å². The molecule has 2 aliphatic heterocycles. The molecular formula is C22H31N3O4S. The lowest BCUT2D eigenvalue weighted by atomic mass is 9.93. The third-order valence-electron chi connectivity index (χ3n) is 6.67. The molecule has 1 N–H and O–H groups in total. The summed E-state index contributed by atoms with van der Waals surface area (Å²) >= 11 is 0. The highest BCUT2D eigenvalue weighted by Crippen LogP contribution is 2.32. The van der Waals surface area contributed by atoms with Crippen molar-refractivity contribution in [2.24, 2.45) is 5.92 Å². The van der Waals surface area contributed by atoms with Crippen LogP contribution in [-0.2, 0) is 26.0 Å². The molecule has 164 valence electrons. The summed E-state index contributed by atoms with van der Waals surface area (Å²) in [5, 5.41) is 3.15. The number of rotatable bonds is 4. The van der Waals surface area contributed by atoms with E-state index in [4.69, 9.17) is 0 Å². The van der Waals surface area contributed by atoms with E-state index in [2.05, 4.69) is 5.32 Å². The number of hydrogen-bond acceptors (Lipinski definition) is 4. The smallest absolute Gasteiger partial charge is 0.243 e. The van der Waals surface area contributed by atoms with E-state index in [1.54, 1.807) is 23.1 Å².